The van der Waals surface area contributed by atoms with Crippen LogP contribution in [-0.2, 0) is 25.8 Å². The Morgan fingerprint density at radius 1 is 1.00 bits per heavy atom. The van der Waals surface area contributed by atoms with E-state index in [-0.39, 0.29) is 0 Å². The predicted octanol–water partition coefficient (Wildman–Crippen LogP) is 5.06. The van der Waals surface area contributed by atoms with Gasteiger partial charge in [-0.25, -0.2) is 0 Å². The lowest BCUT2D eigenvalue weighted by atomic mass is 9.78. The van der Waals surface area contributed by atoms with Crippen molar-refractivity contribution in [2.24, 2.45) is 5.73 Å². The summed E-state index contributed by atoms with van der Waals surface area (Å²) in [5.41, 5.74) is 14.8. The second-order valence-electron chi connectivity index (χ2n) is 7.88. The van der Waals surface area contributed by atoms with Crippen molar-refractivity contribution in [3.63, 3.8) is 0 Å². The number of nitrogens with zero attached hydrogens (tertiary/aromatic N) is 1. The average molecular weight is 403 g/mol. The van der Waals surface area contributed by atoms with E-state index < -0.39 is 0 Å². The molecule has 1 aromatic heterocycles. The molecule has 1 heterocycles. The Morgan fingerprint density at radius 3 is 2.50 bits per heavy atom. The summed E-state index contributed by atoms with van der Waals surface area (Å²) in [5.74, 6) is 2.24. The van der Waals surface area contributed by atoms with Crippen LogP contribution in [0.5, 0.6) is 11.5 Å². The molecular formula is C26H30N2O2. The molecule has 1 aliphatic carbocycles. The monoisotopic (exact) mass is 402 g/mol. The lowest BCUT2D eigenvalue weighted by molar-refractivity contribution is 0.413. The van der Waals surface area contributed by atoms with Crippen molar-refractivity contribution >= 4 is 0 Å². The molecule has 2 N–H and O–H groups in total. The summed E-state index contributed by atoms with van der Waals surface area (Å²) in [5, 5.41) is 0. The molecule has 3 aromatic rings. The predicted molar refractivity (Wildman–Crippen MR) is 121 cm³/mol. The molecule has 0 radical (unpaired) electrons. The third kappa shape index (κ3) is 3.80. The van der Waals surface area contributed by atoms with Crippen molar-refractivity contribution in [1.29, 1.82) is 0 Å². The highest BCUT2D eigenvalue weighted by Crippen LogP contribution is 2.40. The fraction of sp³-hybridized carbons (Fsp3) is 0.346. The van der Waals surface area contributed by atoms with Gasteiger partial charge in [0, 0.05) is 18.3 Å². The van der Waals surface area contributed by atoms with Gasteiger partial charge in [0.1, 0.15) is 11.5 Å². The van der Waals surface area contributed by atoms with E-state index in [1.807, 2.05) is 12.3 Å². The summed E-state index contributed by atoms with van der Waals surface area (Å²) >= 11 is 0. The Bertz CT molecular complexity index is 1050. The third-order valence-electron chi connectivity index (χ3n) is 6.32. The zero-order valence-corrected chi connectivity index (χ0v) is 18.1. The lowest BCUT2D eigenvalue weighted by Crippen LogP contribution is -2.14. The van der Waals surface area contributed by atoms with Gasteiger partial charge in [-0.2, -0.15) is 0 Å². The summed E-state index contributed by atoms with van der Waals surface area (Å²) in [6.07, 6.45) is 5.97. The molecule has 1 atom stereocenters. The largest absolute Gasteiger partial charge is 0.497 e. The highest BCUT2D eigenvalue weighted by molar-refractivity contribution is 5.71. The molecule has 0 bridgehead atoms. The fourth-order valence-corrected chi connectivity index (χ4v) is 4.70. The molecule has 4 rings (SSSR count). The van der Waals surface area contributed by atoms with Gasteiger partial charge in [0.25, 0.3) is 0 Å². The standard InChI is InChI=1S/C26H30N2O2/c1-4-23-20(16-27)11-12-28-26(23)25-15-22(30-3)9-10-24(25)19-6-5-18-14-21(29-2)8-7-17(18)13-19/h7-12,14-15,19H,4-6,13,16,27H2,1-3H3. The van der Waals surface area contributed by atoms with Crippen LogP contribution in [0.4, 0.5) is 0 Å². The van der Waals surface area contributed by atoms with Crippen LogP contribution in [0.15, 0.2) is 48.7 Å². The Hall–Kier alpha value is -2.85. The quantitative estimate of drug-likeness (QED) is 0.626. The van der Waals surface area contributed by atoms with Gasteiger partial charge in [-0.1, -0.05) is 19.1 Å². The Labute approximate surface area is 179 Å². The Balaban J connectivity index is 1.79. The van der Waals surface area contributed by atoms with Gasteiger partial charge >= 0.3 is 0 Å². The number of aryl methyl sites for hydroxylation is 1. The maximum absolute atomic E-state index is 6.02. The average Bonchev–Trinajstić information content (AvgIpc) is 2.82. The number of ether oxygens (including phenoxy) is 2. The summed E-state index contributed by atoms with van der Waals surface area (Å²) in [6, 6.07) is 14.9. The minimum atomic E-state index is 0.444. The molecule has 4 nitrogen and oxygen atoms in total. The molecule has 30 heavy (non-hydrogen) atoms. The SMILES string of the molecule is CCc1c(CN)ccnc1-c1cc(OC)ccc1C1CCc2cc(OC)ccc2C1. The van der Waals surface area contributed by atoms with E-state index >= 15 is 0 Å². The summed E-state index contributed by atoms with van der Waals surface area (Å²) in [7, 11) is 3.44. The first-order valence-electron chi connectivity index (χ1n) is 10.7. The summed E-state index contributed by atoms with van der Waals surface area (Å²) in [4.78, 5) is 4.80. The highest BCUT2D eigenvalue weighted by atomic mass is 16.5. The van der Waals surface area contributed by atoms with Gasteiger partial charge in [-0.15, -0.1) is 0 Å². The van der Waals surface area contributed by atoms with Crippen LogP contribution >= 0.6 is 0 Å². The molecule has 0 saturated carbocycles. The number of fused-ring (bicyclic) bond motifs is 1. The molecule has 156 valence electrons. The zero-order chi connectivity index (χ0) is 21.1. The molecular weight excluding hydrogens is 372 g/mol. The smallest absolute Gasteiger partial charge is 0.119 e. The number of nitrogens with two attached hydrogens (primary N) is 1. The highest BCUT2D eigenvalue weighted by Gasteiger charge is 2.25. The van der Waals surface area contributed by atoms with Crippen LogP contribution in [-0.4, -0.2) is 19.2 Å². The van der Waals surface area contributed by atoms with Crippen molar-refractivity contribution in [2.75, 3.05) is 14.2 Å². The molecule has 1 aliphatic rings. The van der Waals surface area contributed by atoms with Gasteiger partial charge < -0.3 is 15.2 Å². The molecule has 0 spiro atoms. The van der Waals surface area contributed by atoms with Crippen molar-refractivity contribution < 1.29 is 9.47 Å². The van der Waals surface area contributed by atoms with Crippen LogP contribution in [0.1, 0.15) is 47.1 Å². The van der Waals surface area contributed by atoms with E-state index in [0.29, 0.717) is 12.5 Å². The molecule has 0 amide bonds. The molecule has 0 aliphatic heterocycles. The van der Waals surface area contributed by atoms with E-state index in [1.54, 1.807) is 14.2 Å². The number of hydrogen-bond donors (Lipinski definition) is 1. The minimum Gasteiger partial charge on any atom is -0.497 e. The number of rotatable bonds is 6. The molecule has 0 saturated heterocycles. The maximum Gasteiger partial charge on any atom is 0.119 e. The van der Waals surface area contributed by atoms with E-state index in [0.717, 1.165) is 48.4 Å². The topological polar surface area (TPSA) is 57.4 Å². The van der Waals surface area contributed by atoms with E-state index in [4.69, 9.17) is 20.2 Å². The number of pyridine rings is 1. The zero-order valence-electron chi connectivity index (χ0n) is 18.1. The van der Waals surface area contributed by atoms with Crippen molar-refractivity contribution in [1.82, 2.24) is 4.98 Å². The van der Waals surface area contributed by atoms with E-state index in [2.05, 4.69) is 43.3 Å². The maximum atomic E-state index is 6.02. The normalized spacial score (nSPS) is 15.5. The molecule has 0 fully saturated rings. The van der Waals surface area contributed by atoms with Crippen molar-refractivity contribution in [2.45, 2.75) is 45.1 Å². The molecule has 2 aromatic carbocycles. The van der Waals surface area contributed by atoms with Crippen LogP contribution in [0.2, 0.25) is 0 Å². The number of aromatic nitrogens is 1. The fourth-order valence-electron chi connectivity index (χ4n) is 4.70. The van der Waals surface area contributed by atoms with Crippen molar-refractivity contribution in [3.8, 4) is 22.8 Å². The van der Waals surface area contributed by atoms with E-state index in [9.17, 15) is 0 Å². The van der Waals surface area contributed by atoms with Crippen LogP contribution < -0.4 is 15.2 Å². The molecule has 4 heteroatoms. The van der Waals surface area contributed by atoms with Crippen molar-refractivity contribution in [3.05, 3.63) is 76.5 Å². The first kappa shape index (κ1) is 20.4. The van der Waals surface area contributed by atoms with Gasteiger partial charge in [0.05, 0.1) is 19.9 Å². The van der Waals surface area contributed by atoms with Gasteiger partial charge in [-0.05, 0) is 89.8 Å². The lowest BCUT2D eigenvalue weighted by Gasteiger charge is -2.28. The third-order valence-corrected chi connectivity index (χ3v) is 6.32. The first-order chi connectivity index (χ1) is 14.7. The van der Waals surface area contributed by atoms with Crippen LogP contribution in [0.3, 0.4) is 0 Å². The summed E-state index contributed by atoms with van der Waals surface area (Å²) < 4.78 is 11.0. The second-order valence-corrected chi connectivity index (χ2v) is 7.88. The number of hydrogen-bond acceptors (Lipinski definition) is 4. The Morgan fingerprint density at radius 2 is 1.77 bits per heavy atom. The Kier molecular flexibility index (Phi) is 6.05. The molecule has 1 unspecified atom stereocenters. The minimum absolute atomic E-state index is 0.444. The first-order valence-corrected chi connectivity index (χ1v) is 10.7. The van der Waals surface area contributed by atoms with Gasteiger partial charge in [-0.3, -0.25) is 4.98 Å². The summed E-state index contributed by atoms with van der Waals surface area (Å²) in [6.45, 7) is 2.69. The van der Waals surface area contributed by atoms with Crippen LogP contribution in [0, 0.1) is 0 Å². The van der Waals surface area contributed by atoms with Gasteiger partial charge in [0.2, 0.25) is 0 Å². The van der Waals surface area contributed by atoms with Crippen LogP contribution in [0.25, 0.3) is 11.3 Å². The number of benzene rings is 2. The van der Waals surface area contributed by atoms with Gasteiger partial charge in [0.15, 0.2) is 0 Å². The number of methoxy groups -OCH3 is 2. The second kappa shape index (κ2) is 8.88. The van der Waals surface area contributed by atoms with E-state index in [1.165, 1.54) is 27.8 Å².